The molecule has 0 saturated carbocycles. The number of nitrogens with zero attached hydrogens (tertiary/aromatic N) is 4. The van der Waals surface area contributed by atoms with E-state index in [1.165, 1.54) is 4.68 Å². The molecule has 2 heterocycles. The van der Waals surface area contributed by atoms with Gasteiger partial charge in [-0.1, -0.05) is 73.1 Å². The van der Waals surface area contributed by atoms with Crippen molar-refractivity contribution in [2.24, 2.45) is 0 Å². The Morgan fingerprint density at radius 3 is 2.42 bits per heavy atom. The van der Waals surface area contributed by atoms with Gasteiger partial charge in [-0.2, -0.15) is 4.68 Å². The lowest BCUT2D eigenvalue weighted by atomic mass is 9.97. The second kappa shape index (κ2) is 12.8. The lowest BCUT2D eigenvalue weighted by Gasteiger charge is -2.16. The van der Waals surface area contributed by atoms with Gasteiger partial charge < -0.3 is 9.26 Å². The molecule has 0 aliphatic rings. The molecule has 0 saturated heterocycles. The predicted molar refractivity (Wildman–Crippen MR) is 165 cm³/mol. The van der Waals surface area contributed by atoms with Crippen molar-refractivity contribution in [2.45, 2.75) is 58.1 Å². The molecule has 0 fully saturated rings. The van der Waals surface area contributed by atoms with Gasteiger partial charge in [0.05, 0.1) is 23.7 Å². The third-order valence-corrected chi connectivity index (χ3v) is 8.76. The maximum Gasteiger partial charge on any atom is 0.351 e. The zero-order valence-corrected chi connectivity index (χ0v) is 25.5. The molecule has 0 bridgehead atoms. The number of aromatic nitrogens is 4. The van der Waals surface area contributed by atoms with E-state index in [-0.39, 0.29) is 23.0 Å². The summed E-state index contributed by atoms with van der Waals surface area (Å²) >= 11 is 0. The van der Waals surface area contributed by atoms with E-state index >= 15 is 0 Å². The van der Waals surface area contributed by atoms with E-state index in [4.69, 9.17) is 9.26 Å². The number of rotatable bonds is 12. The number of aryl methyl sites for hydroxylation is 2. The van der Waals surface area contributed by atoms with Gasteiger partial charge in [-0.25, -0.2) is 13.2 Å². The summed E-state index contributed by atoms with van der Waals surface area (Å²) in [5, 5.41) is 8.54. The van der Waals surface area contributed by atoms with Crippen LogP contribution in [0, 0.1) is 13.8 Å². The van der Waals surface area contributed by atoms with Gasteiger partial charge in [0.25, 0.3) is 10.0 Å². The molecule has 0 spiro atoms. The van der Waals surface area contributed by atoms with Gasteiger partial charge in [-0.3, -0.25) is 9.29 Å². The number of sulfonamides is 1. The standard InChI is InChI=1S/C32H35N5O5S/c1-5-6-16-30-33-37(26-12-8-7-9-13-26)32(38)36(30)20-24-17-18-27(25(19-24)21-41-4)28-14-10-11-15-29(28)43(39,40)35-31-22(2)23(3)42-34-31/h7-15,17-19H,5-6,16,20-21H2,1-4H3,(H,34,35). The van der Waals surface area contributed by atoms with Crippen LogP contribution in [0.25, 0.3) is 16.8 Å². The highest BCUT2D eigenvalue weighted by molar-refractivity contribution is 7.92. The maximum absolute atomic E-state index is 13.5. The molecule has 0 amide bonds. The maximum atomic E-state index is 13.5. The van der Waals surface area contributed by atoms with E-state index in [2.05, 4.69) is 21.9 Å². The number of nitrogens with one attached hydrogen (secondary N) is 1. The van der Waals surface area contributed by atoms with Crippen molar-refractivity contribution >= 4 is 15.8 Å². The molecule has 2 aromatic heterocycles. The van der Waals surface area contributed by atoms with Gasteiger partial charge in [0, 0.05) is 24.7 Å². The molecule has 3 aromatic carbocycles. The molecule has 43 heavy (non-hydrogen) atoms. The molecule has 0 radical (unpaired) electrons. The zero-order valence-electron chi connectivity index (χ0n) is 24.7. The fourth-order valence-electron chi connectivity index (χ4n) is 4.94. The SMILES string of the molecule is CCCCc1nn(-c2ccccc2)c(=O)n1Cc1ccc(-c2ccccc2S(=O)(=O)Nc2noc(C)c2C)c(COC)c1. The molecule has 11 heteroatoms. The summed E-state index contributed by atoms with van der Waals surface area (Å²) in [5.74, 6) is 1.41. The summed E-state index contributed by atoms with van der Waals surface area (Å²) in [6, 6.07) is 21.9. The molecule has 0 atom stereocenters. The van der Waals surface area contributed by atoms with Crippen LogP contribution in [0.1, 0.15) is 48.0 Å². The van der Waals surface area contributed by atoms with Crippen LogP contribution in [-0.4, -0.2) is 35.0 Å². The molecular formula is C32H35N5O5S. The number of anilines is 1. The van der Waals surface area contributed by atoms with Gasteiger partial charge in [-0.15, -0.1) is 5.10 Å². The molecular weight excluding hydrogens is 566 g/mol. The van der Waals surface area contributed by atoms with Gasteiger partial charge in [0.15, 0.2) is 5.82 Å². The topological polar surface area (TPSA) is 121 Å². The number of methoxy groups -OCH3 is 1. The summed E-state index contributed by atoms with van der Waals surface area (Å²) in [5.41, 5.74) is 4.00. The van der Waals surface area contributed by atoms with Crippen molar-refractivity contribution in [3.8, 4) is 16.8 Å². The van der Waals surface area contributed by atoms with Gasteiger partial charge in [0.2, 0.25) is 0 Å². The minimum Gasteiger partial charge on any atom is -0.380 e. The first kappa shape index (κ1) is 30.0. The molecule has 0 aliphatic heterocycles. The van der Waals surface area contributed by atoms with Crippen molar-refractivity contribution in [2.75, 3.05) is 11.8 Å². The van der Waals surface area contributed by atoms with Crippen LogP contribution in [0.4, 0.5) is 5.82 Å². The molecule has 5 aromatic rings. The summed E-state index contributed by atoms with van der Waals surface area (Å²) < 4.78 is 43.5. The lowest BCUT2D eigenvalue weighted by molar-refractivity contribution is 0.185. The molecule has 5 rings (SSSR count). The van der Waals surface area contributed by atoms with Crippen LogP contribution in [0.15, 0.2) is 87.0 Å². The monoisotopic (exact) mass is 601 g/mol. The van der Waals surface area contributed by atoms with Crippen LogP contribution < -0.4 is 10.4 Å². The highest BCUT2D eigenvalue weighted by atomic mass is 32.2. The van der Waals surface area contributed by atoms with E-state index in [1.54, 1.807) is 49.8 Å². The van der Waals surface area contributed by atoms with Crippen LogP contribution in [0.2, 0.25) is 0 Å². The van der Waals surface area contributed by atoms with Crippen LogP contribution >= 0.6 is 0 Å². The first-order chi connectivity index (χ1) is 20.7. The highest BCUT2D eigenvalue weighted by Gasteiger charge is 2.24. The second-order valence-electron chi connectivity index (χ2n) is 10.4. The Balaban J connectivity index is 1.53. The number of hydrogen-bond acceptors (Lipinski definition) is 7. The van der Waals surface area contributed by atoms with E-state index < -0.39 is 10.0 Å². The average Bonchev–Trinajstić information content (AvgIpc) is 3.49. The number of para-hydroxylation sites is 1. The number of benzene rings is 3. The number of ether oxygens (including phenoxy) is 1. The summed E-state index contributed by atoms with van der Waals surface area (Å²) in [7, 11) is -2.41. The Hall–Kier alpha value is -4.48. The Morgan fingerprint density at radius 1 is 0.977 bits per heavy atom. The summed E-state index contributed by atoms with van der Waals surface area (Å²) in [4.78, 5) is 13.6. The Morgan fingerprint density at radius 2 is 1.72 bits per heavy atom. The second-order valence-corrected chi connectivity index (χ2v) is 12.0. The zero-order chi connectivity index (χ0) is 30.6. The van der Waals surface area contributed by atoms with Crippen molar-refractivity contribution in [3.63, 3.8) is 0 Å². The number of hydrogen-bond donors (Lipinski definition) is 1. The van der Waals surface area contributed by atoms with E-state index in [9.17, 15) is 13.2 Å². The van der Waals surface area contributed by atoms with Crippen molar-refractivity contribution in [1.29, 1.82) is 0 Å². The van der Waals surface area contributed by atoms with Gasteiger partial charge in [0.1, 0.15) is 11.6 Å². The van der Waals surface area contributed by atoms with Crippen molar-refractivity contribution < 1.29 is 17.7 Å². The molecule has 1 N–H and O–H groups in total. The third kappa shape index (κ3) is 6.32. The largest absolute Gasteiger partial charge is 0.380 e. The summed E-state index contributed by atoms with van der Waals surface area (Å²) in [6.07, 6.45) is 2.56. The first-order valence-corrected chi connectivity index (χ1v) is 15.6. The van der Waals surface area contributed by atoms with E-state index in [0.717, 1.165) is 24.0 Å². The minimum atomic E-state index is -4.01. The predicted octanol–water partition coefficient (Wildman–Crippen LogP) is 5.64. The molecule has 0 unspecified atom stereocenters. The van der Waals surface area contributed by atoms with E-state index in [0.29, 0.717) is 46.9 Å². The van der Waals surface area contributed by atoms with Crippen LogP contribution in [0.3, 0.4) is 0 Å². The Bertz CT molecular complexity index is 1890. The van der Waals surface area contributed by atoms with Crippen LogP contribution in [0.5, 0.6) is 0 Å². The fraction of sp³-hybridized carbons (Fsp3) is 0.281. The molecule has 0 aliphatic carbocycles. The quantitative estimate of drug-likeness (QED) is 0.196. The van der Waals surface area contributed by atoms with Gasteiger partial charge in [-0.05, 0) is 55.2 Å². The smallest absolute Gasteiger partial charge is 0.351 e. The molecule has 10 nitrogen and oxygen atoms in total. The highest BCUT2D eigenvalue weighted by Crippen LogP contribution is 2.33. The Kier molecular flexibility index (Phi) is 8.93. The average molecular weight is 602 g/mol. The Labute approximate surface area is 251 Å². The first-order valence-electron chi connectivity index (χ1n) is 14.1. The lowest BCUT2D eigenvalue weighted by Crippen LogP contribution is -2.25. The van der Waals surface area contributed by atoms with Crippen molar-refractivity contribution in [3.05, 3.63) is 112 Å². The fourth-order valence-corrected chi connectivity index (χ4v) is 6.22. The third-order valence-electron chi connectivity index (χ3n) is 7.36. The minimum absolute atomic E-state index is 0.0994. The normalized spacial score (nSPS) is 11.6. The molecule has 224 valence electrons. The number of unbranched alkanes of at least 4 members (excludes halogenated alkanes) is 1. The summed E-state index contributed by atoms with van der Waals surface area (Å²) in [6.45, 7) is 6.13. The van der Waals surface area contributed by atoms with Gasteiger partial charge >= 0.3 is 5.69 Å². The van der Waals surface area contributed by atoms with E-state index in [1.807, 2.05) is 48.5 Å². The van der Waals surface area contributed by atoms with Crippen molar-refractivity contribution in [1.82, 2.24) is 19.5 Å². The van der Waals surface area contributed by atoms with Crippen LogP contribution in [-0.2, 0) is 34.3 Å².